The highest BCUT2D eigenvalue weighted by molar-refractivity contribution is 9.10. The molecule has 1 N–H and O–H groups in total. The molecular weight excluding hydrogens is 232 g/mol. The summed E-state index contributed by atoms with van der Waals surface area (Å²) in [7, 11) is 0. The fourth-order valence-corrected chi connectivity index (χ4v) is 0.939. The van der Waals surface area contributed by atoms with Crippen molar-refractivity contribution in [3.8, 4) is 0 Å². The van der Waals surface area contributed by atoms with Gasteiger partial charge in [0.1, 0.15) is 4.60 Å². The highest BCUT2D eigenvalue weighted by Crippen LogP contribution is 2.11. The average Bonchev–Trinajstić information content (AvgIpc) is 2.32. The zero-order valence-electron chi connectivity index (χ0n) is 16.2. The summed E-state index contributed by atoms with van der Waals surface area (Å²) < 4.78 is 77.1. The van der Waals surface area contributed by atoms with Gasteiger partial charge in [-0.3, -0.25) is 0 Å². The van der Waals surface area contributed by atoms with Gasteiger partial charge in [-0.25, -0.2) is 9.97 Å². The van der Waals surface area contributed by atoms with Crippen molar-refractivity contribution in [2.24, 2.45) is 0 Å². The quantitative estimate of drug-likeness (QED) is 0.746. The Bertz CT molecular complexity index is 601. The lowest BCUT2D eigenvalue weighted by atomic mass is 10.4. The normalized spacial score (nSPS) is 44.2. The van der Waals surface area contributed by atoms with Gasteiger partial charge in [-0.05, 0) is 22.0 Å². The first-order chi connectivity index (χ1) is 10.1. The monoisotopic (exact) mass is 252 g/mol. The van der Waals surface area contributed by atoms with E-state index in [0.29, 0.717) is 0 Å². The summed E-state index contributed by atoms with van der Waals surface area (Å²) in [6, 6.07) is -0.420. The second-order valence-corrected chi connectivity index (χ2v) is 2.74. The molecule has 0 aliphatic carbocycles. The van der Waals surface area contributed by atoms with Crippen LogP contribution in [0.5, 0.6) is 0 Å². The summed E-state index contributed by atoms with van der Waals surface area (Å²) in [6.45, 7) is -12.1. The smallest absolute Gasteiger partial charge is 0.226 e. The van der Waals surface area contributed by atoms with Crippen LogP contribution in [0.4, 0.5) is 5.95 Å². The maximum Gasteiger partial charge on any atom is 0.226 e. The van der Waals surface area contributed by atoms with Crippen molar-refractivity contribution in [3.63, 3.8) is 0 Å². The van der Waals surface area contributed by atoms with Gasteiger partial charge in [0.25, 0.3) is 0 Å². The Morgan fingerprint density at radius 3 is 3.08 bits per heavy atom. The largest absolute Gasteiger partial charge is 0.338 e. The molecule has 1 aliphatic rings. The van der Waals surface area contributed by atoms with E-state index in [0.717, 1.165) is 0 Å². The van der Waals surface area contributed by atoms with E-state index in [1.807, 2.05) is 0 Å². The molecule has 13 heavy (non-hydrogen) atoms. The third-order valence-corrected chi connectivity index (χ3v) is 1.55. The summed E-state index contributed by atoms with van der Waals surface area (Å²) in [5.41, 5.74) is 0. The number of hydrogen-bond acceptors (Lipinski definition) is 4. The zero-order valence-corrected chi connectivity index (χ0v) is 7.81. The van der Waals surface area contributed by atoms with Crippen molar-refractivity contribution in [2.75, 3.05) is 30.9 Å². The van der Waals surface area contributed by atoms with E-state index in [-0.39, 0.29) is 9.50 Å². The molecule has 0 radical (unpaired) electrons. The van der Waals surface area contributed by atoms with Gasteiger partial charge in [-0.15, -0.1) is 0 Å². The number of aromatic nitrogens is 2. The van der Waals surface area contributed by atoms with Crippen LogP contribution in [0.15, 0.2) is 16.8 Å². The van der Waals surface area contributed by atoms with E-state index in [2.05, 4.69) is 25.9 Å². The Hall–Kier alpha value is -0.680. The number of anilines is 1. The Balaban J connectivity index is 2.74. The first-order valence-electron chi connectivity index (χ1n) is 8.25. The number of halogens is 1. The molecule has 0 amide bonds. The summed E-state index contributed by atoms with van der Waals surface area (Å²) >= 11 is 2.86. The van der Waals surface area contributed by atoms with Gasteiger partial charge in [0, 0.05) is 37.6 Å². The second kappa shape index (κ2) is 4.02. The van der Waals surface area contributed by atoms with Gasteiger partial charge in [0.15, 0.2) is 0 Å². The van der Waals surface area contributed by atoms with Crippen LogP contribution in [0.1, 0.15) is 13.7 Å². The SMILES string of the molecule is [2H]c1nc(N2C([2H])([2H])C([2H])([2H])NC([2H])([2H])C2([2H])[2H])nc(Br)c1[2H]. The lowest BCUT2D eigenvalue weighted by molar-refractivity contribution is 0.579. The molecule has 70 valence electrons. The number of rotatable bonds is 1. The van der Waals surface area contributed by atoms with Gasteiger partial charge in [0.05, 0.1) is 8.22 Å². The standard InChI is InChI=1S/C8H11BrN4/c9-7-1-2-11-8(12-7)13-5-3-10-4-6-13/h1-2,10H,3-6H2/i1D,2D,3D2,4D2,5D2,6D2. The van der Waals surface area contributed by atoms with Crippen molar-refractivity contribution in [2.45, 2.75) is 0 Å². The Morgan fingerprint density at radius 1 is 1.62 bits per heavy atom. The molecule has 0 saturated carbocycles. The first kappa shape index (κ1) is 2.90. The molecule has 2 heterocycles. The van der Waals surface area contributed by atoms with Crippen LogP contribution in [-0.4, -0.2) is 36.0 Å². The van der Waals surface area contributed by atoms with E-state index in [1.165, 1.54) is 0 Å². The zero-order chi connectivity index (χ0) is 18.0. The van der Waals surface area contributed by atoms with Crippen molar-refractivity contribution in [3.05, 3.63) is 16.8 Å². The van der Waals surface area contributed by atoms with E-state index in [9.17, 15) is 0 Å². The van der Waals surface area contributed by atoms with Crippen LogP contribution in [0.2, 0.25) is 0 Å². The topological polar surface area (TPSA) is 41.1 Å². The molecule has 1 aromatic rings. The van der Waals surface area contributed by atoms with E-state index in [1.54, 1.807) is 5.32 Å². The van der Waals surface area contributed by atoms with Gasteiger partial charge in [0.2, 0.25) is 5.95 Å². The van der Waals surface area contributed by atoms with Crippen LogP contribution in [0.25, 0.3) is 0 Å². The molecule has 0 atom stereocenters. The molecule has 1 saturated heterocycles. The predicted molar refractivity (Wildman–Crippen MR) is 54.8 cm³/mol. The molecule has 0 spiro atoms. The van der Waals surface area contributed by atoms with Crippen molar-refractivity contribution in [1.82, 2.24) is 15.3 Å². The van der Waals surface area contributed by atoms with Gasteiger partial charge < -0.3 is 10.2 Å². The number of hydrogen-bond donors (Lipinski definition) is 1. The third kappa shape index (κ3) is 2.16. The van der Waals surface area contributed by atoms with Gasteiger partial charge in [-0.2, -0.15) is 0 Å². The molecule has 1 aliphatic heterocycles. The molecule has 0 aromatic carbocycles. The lowest BCUT2D eigenvalue weighted by Crippen LogP contribution is -2.44. The van der Waals surface area contributed by atoms with Gasteiger partial charge >= 0.3 is 0 Å². The van der Waals surface area contributed by atoms with Crippen LogP contribution in [-0.2, 0) is 0 Å². The Labute approximate surface area is 99.6 Å². The summed E-state index contributed by atoms with van der Waals surface area (Å²) in [5.74, 6) is -0.748. The van der Waals surface area contributed by atoms with E-state index < -0.39 is 44.2 Å². The highest BCUT2D eigenvalue weighted by Gasteiger charge is 2.12. The van der Waals surface area contributed by atoms with Gasteiger partial charge in [-0.1, -0.05) is 0 Å². The number of nitrogens with one attached hydrogen (secondary N) is 1. The molecule has 4 nitrogen and oxygen atoms in total. The summed E-state index contributed by atoms with van der Waals surface area (Å²) in [4.78, 5) is 7.27. The Morgan fingerprint density at radius 2 is 2.38 bits per heavy atom. The molecular formula is C8H11BrN4. The van der Waals surface area contributed by atoms with Crippen LogP contribution in [0, 0.1) is 0 Å². The highest BCUT2D eigenvalue weighted by atomic mass is 79.9. The van der Waals surface area contributed by atoms with Crippen molar-refractivity contribution >= 4 is 21.9 Å². The molecule has 0 bridgehead atoms. The Kier molecular flexibility index (Phi) is 0.897. The molecule has 1 fully saturated rings. The number of piperazine rings is 1. The summed E-state index contributed by atoms with van der Waals surface area (Å²) in [5, 5.41) is 1.68. The number of nitrogens with zero attached hydrogens (tertiary/aromatic N) is 3. The molecule has 5 heteroatoms. The van der Waals surface area contributed by atoms with E-state index in [4.69, 9.17) is 13.7 Å². The molecule has 1 aromatic heterocycles. The van der Waals surface area contributed by atoms with Crippen LogP contribution >= 0.6 is 15.9 Å². The van der Waals surface area contributed by atoms with Crippen molar-refractivity contribution < 1.29 is 13.7 Å². The molecule has 2 rings (SSSR count). The third-order valence-electron chi connectivity index (χ3n) is 1.17. The molecule has 0 unspecified atom stereocenters. The van der Waals surface area contributed by atoms with Crippen LogP contribution < -0.4 is 10.2 Å². The minimum Gasteiger partial charge on any atom is -0.338 e. The minimum atomic E-state index is -3.09. The van der Waals surface area contributed by atoms with E-state index >= 15 is 0 Å². The average molecular weight is 253 g/mol. The van der Waals surface area contributed by atoms with Crippen LogP contribution in [0.3, 0.4) is 0 Å². The van der Waals surface area contributed by atoms with Crippen molar-refractivity contribution in [1.29, 1.82) is 0 Å². The predicted octanol–water partition coefficient (Wildman–Crippen LogP) is 0.649. The fraction of sp³-hybridized carbons (Fsp3) is 0.500. The maximum atomic E-state index is 7.90. The first-order valence-corrected chi connectivity index (χ1v) is 4.05. The fourth-order valence-electron chi connectivity index (χ4n) is 0.692. The minimum absolute atomic E-state index is 0.110. The summed E-state index contributed by atoms with van der Waals surface area (Å²) in [6.07, 6.45) is -0.645. The maximum absolute atomic E-state index is 7.90. The second-order valence-electron chi connectivity index (χ2n) is 1.99. The lowest BCUT2D eigenvalue weighted by Gasteiger charge is -2.27.